The van der Waals surface area contributed by atoms with E-state index in [0.717, 1.165) is 16.4 Å². The minimum absolute atomic E-state index is 0.0423. The number of hydrogen-bond donors (Lipinski definition) is 1. The molecule has 1 aromatic heterocycles. The fourth-order valence-electron chi connectivity index (χ4n) is 2.96. The highest BCUT2D eigenvalue weighted by Crippen LogP contribution is 2.23. The second-order valence-corrected chi connectivity index (χ2v) is 9.50. The average Bonchev–Trinajstić information content (AvgIpc) is 3.11. The van der Waals surface area contributed by atoms with Crippen molar-refractivity contribution >= 4 is 27.5 Å². The van der Waals surface area contributed by atoms with Crippen LogP contribution in [-0.2, 0) is 14.6 Å². The molecule has 1 aliphatic heterocycles. The van der Waals surface area contributed by atoms with Crippen molar-refractivity contribution < 1.29 is 13.2 Å². The van der Waals surface area contributed by atoms with E-state index in [2.05, 4.69) is 16.4 Å². The number of hydrogen-bond acceptors (Lipinski definition) is 5. The molecule has 25 heavy (non-hydrogen) atoms. The standard InChI is InChI=1S/C17H21N3O3S2/c1-12-3-4-15(13(2)9-12)20-7-6-18-17(20)24-10-16(21)19-14-5-8-25(22,23)11-14/h3-4,6-7,9,14H,5,8,10-11H2,1-2H3,(H,19,21)/t14-/m0/s1. The Bertz CT molecular complexity index is 890. The number of thioether (sulfide) groups is 1. The molecule has 1 aromatic carbocycles. The Balaban J connectivity index is 1.63. The van der Waals surface area contributed by atoms with Crippen molar-refractivity contribution in [1.82, 2.24) is 14.9 Å². The molecule has 0 unspecified atom stereocenters. The molecule has 1 amide bonds. The minimum Gasteiger partial charge on any atom is -0.352 e. The van der Waals surface area contributed by atoms with E-state index in [1.54, 1.807) is 6.20 Å². The molecular weight excluding hydrogens is 358 g/mol. The SMILES string of the molecule is Cc1ccc(-n2ccnc2SCC(=O)N[C@H]2CCS(=O)(=O)C2)c(C)c1. The lowest BCUT2D eigenvalue weighted by Crippen LogP contribution is -2.36. The van der Waals surface area contributed by atoms with Crippen LogP contribution in [-0.4, -0.2) is 47.2 Å². The third-order valence-corrected chi connectivity index (χ3v) is 6.88. The fourth-order valence-corrected chi connectivity index (χ4v) is 5.41. The number of carbonyl (C=O) groups is 1. The first kappa shape index (κ1) is 18.0. The first-order valence-electron chi connectivity index (χ1n) is 8.07. The van der Waals surface area contributed by atoms with Crippen molar-refractivity contribution in [3.05, 3.63) is 41.7 Å². The zero-order chi connectivity index (χ0) is 18.0. The molecule has 1 aliphatic rings. The third-order valence-electron chi connectivity index (χ3n) is 4.15. The first-order chi connectivity index (χ1) is 11.8. The molecule has 3 rings (SSSR count). The van der Waals surface area contributed by atoms with E-state index in [1.807, 2.05) is 36.7 Å². The Kier molecular flexibility index (Phi) is 5.19. The maximum absolute atomic E-state index is 12.1. The van der Waals surface area contributed by atoms with E-state index >= 15 is 0 Å². The van der Waals surface area contributed by atoms with Crippen LogP contribution in [0.25, 0.3) is 5.69 Å². The van der Waals surface area contributed by atoms with Crippen LogP contribution in [0.1, 0.15) is 17.5 Å². The minimum atomic E-state index is -2.99. The van der Waals surface area contributed by atoms with Crippen molar-refractivity contribution in [1.29, 1.82) is 0 Å². The topological polar surface area (TPSA) is 81.1 Å². The largest absolute Gasteiger partial charge is 0.352 e. The highest BCUT2D eigenvalue weighted by molar-refractivity contribution is 7.99. The van der Waals surface area contributed by atoms with Crippen molar-refractivity contribution in [3.8, 4) is 5.69 Å². The molecule has 1 N–H and O–H groups in total. The number of nitrogens with zero attached hydrogens (tertiary/aromatic N) is 2. The van der Waals surface area contributed by atoms with Gasteiger partial charge in [-0.1, -0.05) is 29.5 Å². The van der Waals surface area contributed by atoms with Gasteiger partial charge in [-0.15, -0.1) is 0 Å². The summed E-state index contributed by atoms with van der Waals surface area (Å²) < 4.78 is 24.9. The summed E-state index contributed by atoms with van der Waals surface area (Å²) in [5.41, 5.74) is 3.37. The fraction of sp³-hybridized carbons (Fsp3) is 0.412. The van der Waals surface area contributed by atoms with Crippen molar-refractivity contribution in [3.63, 3.8) is 0 Å². The van der Waals surface area contributed by atoms with Crippen molar-refractivity contribution in [2.24, 2.45) is 0 Å². The van der Waals surface area contributed by atoms with Crippen LogP contribution >= 0.6 is 11.8 Å². The summed E-state index contributed by atoms with van der Waals surface area (Å²) >= 11 is 1.34. The number of sulfone groups is 1. The number of amides is 1. The van der Waals surface area contributed by atoms with Gasteiger partial charge in [0.2, 0.25) is 5.91 Å². The van der Waals surface area contributed by atoms with E-state index in [0.29, 0.717) is 6.42 Å². The van der Waals surface area contributed by atoms with E-state index in [4.69, 9.17) is 0 Å². The second-order valence-electron chi connectivity index (χ2n) is 6.33. The molecule has 2 heterocycles. The van der Waals surface area contributed by atoms with Crippen LogP contribution in [0.15, 0.2) is 35.7 Å². The summed E-state index contributed by atoms with van der Waals surface area (Å²) in [4.78, 5) is 16.4. The zero-order valence-corrected chi connectivity index (χ0v) is 15.9. The molecule has 1 fully saturated rings. The van der Waals surface area contributed by atoms with Crippen LogP contribution in [0.4, 0.5) is 0 Å². The zero-order valence-electron chi connectivity index (χ0n) is 14.2. The number of carbonyl (C=O) groups excluding carboxylic acids is 1. The van der Waals surface area contributed by atoms with Gasteiger partial charge in [-0.25, -0.2) is 13.4 Å². The molecule has 0 aliphatic carbocycles. The Hall–Kier alpha value is -1.80. The Morgan fingerprint density at radius 1 is 1.40 bits per heavy atom. The summed E-state index contributed by atoms with van der Waals surface area (Å²) in [5.74, 6) is 0.239. The van der Waals surface area contributed by atoms with E-state index in [1.165, 1.54) is 17.3 Å². The van der Waals surface area contributed by atoms with Crippen molar-refractivity contribution in [2.75, 3.05) is 17.3 Å². The van der Waals surface area contributed by atoms with E-state index < -0.39 is 9.84 Å². The average molecular weight is 380 g/mol. The number of nitrogens with one attached hydrogen (secondary N) is 1. The molecule has 6 nitrogen and oxygen atoms in total. The smallest absolute Gasteiger partial charge is 0.230 e. The predicted molar refractivity (Wildman–Crippen MR) is 99.0 cm³/mol. The molecule has 8 heteroatoms. The van der Waals surface area contributed by atoms with Crippen LogP contribution in [0.2, 0.25) is 0 Å². The normalized spacial score (nSPS) is 19.0. The summed E-state index contributed by atoms with van der Waals surface area (Å²) in [5, 5.41) is 3.54. The van der Waals surface area contributed by atoms with Gasteiger partial charge in [0.25, 0.3) is 0 Å². The Morgan fingerprint density at radius 3 is 2.88 bits per heavy atom. The predicted octanol–water partition coefficient (Wildman–Crippen LogP) is 1.88. The van der Waals surface area contributed by atoms with Gasteiger partial charge in [0.15, 0.2) is 15.0 Å². The number of aryl methyl sites for hydroxylation is 2. The van der Waals surface area contributed by atoms with Crippen LogP contribution < -0.4 is 5.32 Å². The van der Waals surface area contributed by atoms with Crippen molar-refractivity contribution in [2.45, 2.75) is 31.5 Å². The van der Waals surface area contributed by atoms with Crippen LogP contribution in [0.5, 0.6) is 0 Å². The number of imidazole rings is 1. The quantitative estimate of drug-likeness (QED) is 0.803. The second kappa shape index (κ2) is 7.21. The molecular formula is C17H21N3O3S2. The lowest BCUT2D eigenvalue weighted by atomic mass is 10.1. The maximum atomic E-state index is 12.1. The molecule has 0 spiro atoms. The lowest BCUT2D eigenvalue weighted by molar-refractivity contribution is -0.119. The van der Waals surface area contributed by atoms with Crippen LogP contribution in [0, 0.1) is 13.8 Å². The monoisotopic (exact) mass is 379 g/mol. The molecule has 134 valence electrons. The highest BCUT2D eigenvalue weighted by Gasteiger charge is 2.28. The molecule has 0 bridgehead atoms. The number of benzene rings is 1. The third kappa shape index (κ3) is 4.43. The summed E-state index contributed by atoms with van der Waals surface area (Å²) in [6.07, 6.45) is 4.08. The summed E-state index contributed by atoms with van der Waals surface area (Å²) in [6.45, 7) is 4.10. The van der Waals surface area contributed by atoms with Gasteiger partial charge in [-0.3, -0.25) is 9.36 Å². The van der Waals surface area contributed by atoms with Crippen LogP contribution in [0.3, 0.4) is 0 Å². The van der Waals surface area contributed by atoms with Gasteiger partial charge in [-0.2, -0.15) is 0 Å². The molecule has 0 radical (unpaired) electrons. The summed E-state index contributed by atoms with van der Waals surface area (Å²) in [6, 6.07) is 5.93. The van der Waals surface area contributed by atoms with Gasteiger partial charge >= 0.3 is 0 Å². The number of aromatic nitrogens is 2. The highest BCUT2D eigenvalue weighted by atomic mass is 32.2. The van der Waals surface area contributed by atoms with Gasteiger partial charge < -0.3 is 5.32 Å². The van der Waals surface area contributed by atoms with E-state index in [9.17, 15) is 13.2 Å². The van der Waals surface area contributed by atoms with Gasteiger partial charge in [-0.05, 0) is 31.9 Å². The number of rotatable bonds is 5. The molecule has 1 saturated heterocycles. The van der Waals surface area contributed by atoms with Gasteiger partial charge in [0.05, 0.1) is 22.9 Å². The molecule has 2 aromatic rings. The van der Waals surface area contributed by atoms with Gasteiger partial charge in [0.1, 0.15) is 0 Å². The summed E-state index contributed by atoms with van der Waals surface area (Å²) in [7, 11) is -2.99. The lowest BCUT2D eigenvalue weighted by Gasteiger charge is -2.12. The Morgan fingerprint density at radius 2 is 2.20 bits per heavy atom. The molecule has 0 saturated carbocycles. The van der Waals surface area contributed by atoms with E-state index in [-0.39, 0.29) is 29.2 Å². The molecule has 1 atom stereocenters. The first-order valence-corrected chi connectivity index (χ1v) is 10.9. The van der Waals surface area contributed by atoms with Gasteiger partial charge in [0, 0.05) is 18.4 Å². The Labute approximate surface area is 152 Å². The maximum Gasteiger partial charge on any atom is 0.230 e.